The standard InChI is InChI=1S/C30H28N4O4S/c1-3-29-32-27-20-23(26-6-4-5-18-31-26)11-16-28(27)34(29)24-12-9-22(10-13-24)17-19-38-30(35)33-39(36,37)25-14-7-21(2)8-15-25/h4-16,18,20H,3,17,19H2,1-2H3,(H,33,35). The number of sulfonamides is 1. The summed E-state index contributed by atoms with van der Waals surface area (Å²) >= 11 is 0. The number of rotatable bonds is 8. The molecule has 2 aromatic heterocycles. The summed E-state index contributed by atoms with van der Waals surface area (Å²) < 4.78 is 33.9. The lowest BCUT2D eigenvalue weighted by Crippen LogP contribution is -2.31. The van der Waals surface area contributed by atoms with Crippen LogP contribution in [0.2, 0.25) is 0 Å². The van der Waals surface area contributed by atoms with Crippen LogP contribution < -0.4 is 4.72 Å². The molecular formula is C30H28N4O4S. The second-order valence-electron chi connectivity index (χ2n) is 9.11. The van der Waals surface area contributed by atoms with Crippen LogP contribution >= 0.6 is 0 Å². The van der Waals surface area contributed by atoms with Crippen molar-refractivity contribution in [1.29, 1.82) is 0 Å². The molecule has 39 heavy (non-hydrogen) atoms. The second-order valence-corrected chi connectivity index (χ2v) is 10.8. The van der Waals surface area contributed by atoms with Gasteiger partial charge in [-0.25, -0.2) is 22.9 Å². The van der Waals surface area contributed by atoms with Gasteiger partial charge in [-0.1, -0.05) is 48.9 Å². The van der Waals surface area contributed by atoms with Crippen LogP contribution in [-0.2, 0) is 27.6 Å². The van der Waals surface area contributed by atoms with E-state index in [4.69, 9.17) is 9.72 Å². The molecule has 9 heteroatoms. The van der Waals surface area contributed by atoms with Crippen LogP contribution in [0, 0.1) is 6.92 Å². The minimum atomic E-state index is -3.98. The highest BCUT2D eigenvalue weighted by atomic mass is 32.2. The topological polar surface area (TPSA) is 103 Å². The number of ether oxygens (including phenoxy) is 1. The third-order valence-electron chi connectivity index (χ3n) is 6.37. The van der Waals surface area contributed by atoms with Gasteiger partial charge in [0.1, 0.15) is 5.82 Å². The number of benzene rings is 3. The van der Waals surface area contributed by atoms with E-state index in [1.54, 1.807) is 18.3 Å². The van der Waals surface area contributed by atoms with Crippen LogP contribution in [0.3, 0.4) is 0 Å². The summed E-state index contributed by atoms with van der Waals surface area (Å²) in [6, 6.07) is 26.2. The highest BCUT2D eigenvalue weighted by molar-refractivity contribution is 7.90. The van der Waals surface area contributed by atoms with Crippen molar-refractivity contribution in [2.75, 3.05) is 6.61 Å². The molecule has 5 rings (SSSR count). The Morgan fingerprint density at radius 1 is 0.974 bits per heavy atom. The molecule has 0 aliphatic heterocycles. The van der Waals surface area contributed by atoms with Gasteiger partial charge in [0.2, 0.25) is 0 Å². The lowest BCUT2D eigenvalue weighted by molar-refractivity contribution is 0.154. The summed E-state index contributed by atoms with van der Waals surface area (Å²) in [7, 11) is -3.98. The Morgan fingerprint density at radius 3 is 2.44 bits per heavy atom. The Bertz CT molecular complexity index is 1710. The number of fused-ring (bicyclic) bond motifs is 1. The molecule has 0 saturated carbocycles. The van der Waals surface area contributed by atoms with Crippen molar-refractivity contribution < 1.29 is 17.9 Å². The fourth-order valence-corrected chi connectivity index (χ4v) is 5.23. The molecule has 0 radical (unpaired) electrons. The first-order valence-corrected chi connectivity index (χ1v) is 14.1. The number of hydrogen-bond donors (Lipinski definition) is 1. The van der Waals surface area contributed by atoms with E-state index in [1.807, 2.05) is 54.1 Å². The van der Waals surface area contributed by atoms with Gasteiger partial charge >= 0.3 is 6.09 Å². The summed E-state index contributed by atoms with van der Waals surface area (Å²) in [5.74, 6) is 0.950. The number of imidazole rings is 1. The van der Waals surface area contributed by atoms with Crippen molar-refractivity contribution in [2.45, 2.75) is 31.6 Å². The minimum Gasteiger partial charge on any atom is -0.448 e. The molecule has 8 nitrogen and oxygen atoms in total. The van der Waals surface area contributed by atoms with Crippen LogP contribution in [0.15, 0.2) is 96.0 Å². The fraction of sp³-hybridized carbons (Fsp3) is 0.167. The van der Waals surface area contributed by atoms with Crippen molar-refractivity contribution >= 4 is 27.1 Å². The molecule has 198 valence electrons. The summed E-state index contributed by atoms with van der Waals surface area (Å²) in [5.41, 5.74) is 6.68. The number of hydrogen-bond acceptors (Lipinski definition) is 6. The third kappa shape index (κ3) is 5.83. The number of carbonyl (C=O) groups excluding carboxylic acids is 1. The largest absolute Gasteiger partial charge is 0.448 e. The van der Waals surface area contributed by atoms with Gasteiger partial charge in [-0.15, -0.1) is 0 Å². The molecule has 5 aromatic rings. The Morgan fingerprint density at radius 2 is 1.74 bits per heavy atom. The molecular weight excluding hydrogens is 512 g/mol. The van der Waals surface area contributed by atoms with Gasteiger partial charge in [0.05, 0.1) is 28.2 Å². The number of nitrogens with zero attached hydrogens (tertiary/aromatic N) is 3. The first-order valence-electron chi connectivity index (χ1n) is 12.6. The Balaban J connectivity index is 1.25. The number of pyridine rings is 1. The maximum atomic E-state index is 12.4. The zero-order chi connectivity index (χ0) is 27.4. The van der Waals surface area contributed by atoms with Crippen molar-refractivity contribution in [1.82, 2.24) is 19.3 Å². The summed E-state index contributed by atoms with van der Waals surface area (Å²) in [5, 5.41) is 0. The highest BCUT2D eigenvalue weighted by Gasteiger charge is 2.18. The summed E-state index contributed by atoms with van der Waals surface area (Å²) in [4.78, 5) is 21.4. The monoisotopic (exact) mass is 540 g/mol. The van der Waals surface area contributed by atoms with E-state index >= 15 is 0 Å². The van der Waals surface area contributed by atoms with Crippen molar-refractivity contribution in [3.05, 3.63) is 108 Å². The smallest absolute Gasteiger partial charge is 0.421 e. The number of nitrogens with one attached hydrogen (secondary N) is 1. The molecule has 1 N–H and O–H groups in total. The lowest BCUT2D eigenvalue weighted by atomic mass is 10.1. The zero-order valence-electron chi connectivity index (χ0n) is 21.7. The molecule has 0 bridgehead atoms. The van der Waals surface area contributed by atoms with E-state index in [9.17, 15) is 13.2 Å². The average molecular weight is 541 g/mol. The van der Waals surface area contributed by atoms with Gasteiger partial charge in [-0.05, 0) is 61.0 Å². The highest BCUT2D eigenvalue weighted by Crippen LogP contribution is 2.27. The molecule has 3 aromatic carbocycles. The molecule has 0 unspecified atom stereocenters. The first kappa shape index (κ1) is 26.1. The predicted octanol–water partition coefficient (Wildman–Crippen LogP) is 5.62. The summed E-state index contributed by atoms with van der Waals surface area (Å²) in [6.45, 7) is 3.97. The second kappa shape index (κ2) is 11.1. The lowest BCUT2D eigenvalue weighted by Gasteiger charge is -2.11. The quantitative estimate of drug-likeness (QED) is 0.274. The molecule has 0 aliphatic rings. The van der Waals surface area contributed by atoms with E-state index < -0.39 is 16.1 Å². The van der Waals surface area contributed by atoms with E-state index in [2.05, 4.69) is 34.7 Å². The third-order valence-corrected chi connectivity index (χ3v) is 7.70. The maximum Gasteiger partial charge on any atom is 0.421 e. The summed E-state index contributed by atoms with van der Waals surface area (Å²) in [6.07, 6.45) is 1.98. The number of aryl methyl sites for hydroxylation is 2. The van der Waals surface area contributed by atoms with Crippen molar-refractivity contribution in [3.8, 4) is 16.9 Å². The van der Waals surface area contributed by atoms with E-state index in [0.29, 0.717) is 6.42 Å². The van der Waals surface area contributed by atoms with E-state index in [-0.39, 0.29) is 11.5 Å². The molecule has 0 fully saturated rings. The van der Waals surface area contributed by atoms with E-state index in [1.165, 1.54) is 12.1 Å². The number of amides is 1. The van der Waals surface area contributed by atoms with Gasteiger partial charge in [-0.2, -0.15) is 0 Å². The average Bonchev–Trinajstić information content (AvgIpc) is 3.32. The van der Waals surface area contributed by atoms with Crippen LogP contribution in [0.4, 0.5) is 4.79 Å². The van der Waals surface area contributed by atoms with Gasteiger partial charge in [0.15, 0.2) is 0 Å². The minimum absolute atomic E-state index is 0.00655. The SMILES string of the molecule is CCc1nc2cc(-c3ccccn3)ccc2n1-c1ccc(CCOC(=O)NS(=O)(=O)c2ccc(C)cc2)cc1. The predicted molar refractivity (Wildman–Crippen MR) is 150 cm³/mol. The van der Waals surface area contributed by atoms with Crippen LogP contribution in [0.1, 0.15) is 23.9 Å². The number of aromatic nitrogens is 3. The van der Waals surface area contributed by atoms with Crippen LogP contribution in [-0.4, -0.2) is 35.7 Å². The van der Waals surface area contributed by atoms with Crippen LogP contribution in [0.5, 0.6) is 0 Å². The normalized spacial score (nSPS) is 11.4. The zero-order valence-corrected chi connectivity index (χ0v) is 22.5. The molecule has 1 amide bonds. The number of carbonyl (C=O) groups is 1. The Hall–Kier alpha value is -4.50. The first-order chi connectivity index (χ1) is 18.8. The molecule has 0 spiro atoms. The van der Waals surface area contributed by atoms with Gasteiger partial charge in [-0.3, -0.25) is 9.55 Å². The van der Waals surface area contributed by atoms with E-state index in [0.717, 1.165) is 51.4 Å². The van der Waals surface area contributed by atoms with Crippen molar-refractivity contribution in [2.24, 2.45) is 0 Å². The van der Waals surface area contributed by atoms with Gasteiger partial charge < -0.3 is 4.74 Å². The Kier molecular flexibility index (Phi) is 7.42. The van der Waals surface area contributed by atoms with Gasteiger partial charge in [0, 0.05) is 30.3 Å². The molecule has 2 heterocycles. The molecule has 0 saturated heterocycles. The molecule has 0 atom stereocenters. The maximum absolute atomic E-state index is 12.4. The van der Waals surface area contributed by atoms with Gasteiger partial charge in [0.25, 0.3) is 10.0 Å². The van der Waals surface area contributed by atoms with Crippen LogP contribution in [0.25, 0.3) is 28.0 Å². The Labute approximate surface area is 227 Å². The fourth-order valence-electron chi connectivity index (χ4n) is 4.34. The van der Waals surface area contributed by atoms with Crippen molar-refractivity contribution in [3.63, 3.8) is 0 Å². The molecule has 0 aliphatic carbocycles.